The van der Waals surface area contributed by atoms with Gasteiger partial charge < -0.3 is 30.7 Å². The molecular weight excluding hydrogens is 520 g/mol. The van der Waals surface area contributed by atoms with Gasteiger partial charge in [-0.25, -0.2) is 0 Å². The molecule has 1 saturated carbocycles. The van der Waals surface area contributed by atoms with E-state index in [0.717, 1.165) is 43.2 Å². The molecule has 0 aromatic heterocycles. The molecule has 220 valence electrons. The van der Waals surface area contributed by atoms with E-state index in [0.29, 0.717) is 18.9 Å². The molecule has 3 atom stereocenters. The summed E-state index contributed by atoms with van der Waals surface area (Å²) < 4.78 is 6.06. The fraction of sp³-hybridized carbons (Fsp3) is 0.469. The number of aliphatic hydroxyl groups excluding tert-OH is 1. The van der Waals surface area contributed by atoms with Gasteiger partial charge in [0, 0.05) is 32.1 Å². The maximum Gasteiger partial charge on any atom is 0.245 e. The smallest absolute Gasteiger partial charge is 0.245 e. The molecule has 0 spiro atoms. The predicted molar refractivity (Wildman–Crippen MR) is 158 cm³/mol. The topological polar surface area (TPSA) is 120 Å². The number of nitrogens with one attached hydrogen (secondary N) is 3. The molecule has 9 nitrogen and oxygen atoms in total. The minimum Gasteiger partial charge on any atom is -0.492 e. The van der Waals surface area contributed by atoms with Crippen molar-refractivity contribution in [1.29, 1.82) is 0 Å². The number of hydrogen-bond donors (Lipinski definition) is 4. The van der Waals surface area contributed by atoms with Crippen molar-refractivity contribution < 1.29 is 24.2 Å². The number of rotatable bonds is 4. The average molecular weight is 563 g/mol. The van der Waals surface area contributed by atoms with Crippen LogP contribution in [0, 0.1) is 5.92 Å². The van der Waals surface area contributed by atoms with Crippen molar-refractivity contribution in [3.05, 3.63) is 71.8 Å². The van der Waals surface area contributed by atoms with Crippen LogP contribution in [0.25, 0.3) is 6.08 Å². The first-order valence-electron chi connectivity index (χ1n) is 14.6. The Balaban J connectivity index is 1.62. The van der Waals surface area contributed by atoms with Gasteiger partial charge in [0.05, 0.1) is 12.6 Å². The van der Waals surface area contributed by atoms with Crippen molar-refractivity contribution in [2.45, 2.75) is 56.7 Å². The first-order valence-corrected chi connectivity index (χ1v) is 14.6. The largest absolute Gasteiger partial charge is 0.492 e. The Morgan fingerprint density at radius 3 is 2.44 bits per heavy atom. The Bertz CT molecular complexity index is 1180. The van der Waals surface area contributed by atoms with E-state index in [1.54, 1.807) is 7.05 Å². The van der Waals surface area contributed by atoms with Gasteiger partial charge in [-0.1, -0.05) is 79.9 Å². The third kappa shape index (κ3) is 8.41. The van der Waals surface area contributed by atoms with Crippen molar-refractivity contribution in [2.75, 3.05) is 33.4 Å². The monoisotopic (exact) mass is 562 g/mol. The van der Waals surface area contributed by atoms with E-state index in [2.05, 4.69) is 16.0 Å². The number of carbonyl (C=O) groups excluding carboxylic acids is 3. The predicted octanol–water partition coefficient (Wildman–Crippen LogP) is 2.29. The zero-order valence-corrected chi connectivity index (χ0v) is 23.8. The standard InChI is InChI=1S/C32H42N4O5/c1-36-27(22-37)31(39)35-26(21-23-11-4-2-5-12-23)30(38)34-18-10-16-24-13-8-9-17-28(24)41-20-19-33-29(32(36)40)25-14-6-3-7-15-25/h2,4-5,8-13,16-17,25-27,29,33,37H,3,6-7,14-15,18-22H2,1H3,(H,34,38)(H,35,39)/b16-10+/t26-,27+,29+/m1/s1. The van der Waals surface area contributed by atoms with E-state index in [9.17, 15) is 19.5 Å². The summed E-state index contributed by atoms with van der Waals surface area (Å²) in [6.45, 7) is 0.491. The molecule has 4 rings (SSSR count). The van der Waals surface area contributed by atoms with E-state index >= 15 is 0 Å². The molecule has 1 fully saturated rings. The molecule has 1 aliphatic heterocycles. The molecule has 0 radical (unpaired) electrons. The second kappa shape index (κ2) is 15.3. The number of amides is 3. The van der Waals surface area contributed by atoms with E-state index in [-0.39, 0.29) is 30.7 Å². The number of benzene rings is 2. The van der Waals surface area contributed by atoms with Crippen LogP contribution < -0.4 is 20.7 Å². The number of ether oxygens (including phenoxy) is 1. The fourth-order valence-electron chi connectivity index (χ4n) is 5.60. The molecule has 1 heterocycles. The number of fused-ring (bicyclic) bond motifs is 1. The minimum atomic E-state index is -1.14. The van der Waals surface area contributed by atoms with Gasteiger partial charge in [0.25, 0.3) is 0 Å². The summed E-state index contributed by atoms with van der Waals surface area (Å²) in [7, 11) is 1.54. The molecule has 0 bridgehead atoms. The lowest BCUT2D eigenvalue weighted by Gasteiger charge is -2.35. The van der Waals surface area contributed by atoms with E-state index < -0.39 is 30.6 Å². The maximum atomic E-state index is 13.8. The highest BCUT2D eigenvalue weighted by Gasteiger charge is 2.36. The lowest BCUT2D eigenvalue weighted by Crippen LogP contribution is -2.59. The van der Waals surface area contributed by atoms with Gasteiger partial charge >= 0.3 is 0 Å². The van der Waals surface area contributed by atoms with E-state index in [1.807, 2.05) is 66.7 Å². The molecule has 0 saturated heterocycles. The molecular formula is C32H42N4O5. The third-order valence-corrected chi connectivity index (χ3v) is 7.93. The van der Waals surface area contributed by atoms with Crippen molar-refractivity contribution in [1.82, 2.24) is 20.9 Å². The Kier molecular flexibility index (Phi) is 11.3. The Morgan fingerprint density at radius 1 is 0.951 bits per heavy atom. The highest BCUT2D eigenvalue weighted by molar-refractivity contribution is 5.93. The quantitative estimate of drug-likeness (QED) is 0.454. The Morgan fingerprint density at radius 2 is 1.68 bits per heavy atom. The van der Waals surface area contributed by atoms with Crippen LogP contribution in [0.1, 0.15) is 43.2 Å². The van der Waals surface area contributed by atoms with Gasteiger partial charge in [-0.15, -0.1) is 0 Å². The fourth-order valence-corrected chi connectivity index (χ4v) is 5.60. The van der Waals surface area contributed by atoms with Gasteiger partial charge in [-0.05, 0) is 30.4 Å². The maximum absolute atomic E-state index is 13.8. The van der Waals surface area contributed by atoms with Crippen LogP contribution in [0.4, 0.5) is 0 Å². The average Bonchev–Trinajstić information content (AvgIpc) is 3.00. The van der Waals surface area contributed by atoms with Gasteiger partial charge in [0.2, 0.25) is 17.7 Å². The SMILES string of the molecule is CN1C(=O)[C@H](C2CCCCC2)NCCOc2ccccc2/C=C/CNC(=O)[C@@H](Cc2ccccc2)NC(=O)[C@@H]1CO. The molecule has 3 amide bonds. The lowest BCUT2D eigenvalue weighted by atomic mass is 9.83. The van der Waals surface area contributed by atoms with Crippen LogP contribution in [0.3, 0.4) is 0 Å². The summed E-state index contributed by atoms with van der Waals surface area (Å²) in [6, 6.07) is 14.5. The van der Waals surface area contributed by atoms with Crippen molar-refractivity contribution in [3.8, 4) is 5.75 Å². The zero-order chi connectivity index (χ0) is 29.0. The van der Waals surface area contributed by atoms with Crippen LogP contribution in [0.5, 0.6) is 5.75 Å². The highest BCUT2D eigenvalue weighted by atomic mass is 16.5. The number of likely N-dealkylation sites (N-methyl/N-ethyl adjacent to an activating group) is 1. The Labute approximate surface area is 242 Å². The number of para-hydroxylation sites is 1. The first kappa shape index (κ1) is 30.3. The molecule has 2 aliphatic rings. The van der Waals surface area contributed by atoms with Crippen LogP contribution in [0.15, 0.2) is 60.7 Å². The molecule has 4 N–H and O–H groups in total. The zero-order valence-electron chi connectivity index (χ0n) is 23.8. The molecule has 2 aromatic carbocycles. The van der Waals surface area contributed by atoms with E-state index in [1.165, 1.54) is 4.90 Å². The summed E-state index contributed by atoms with van der Waals surface area (Å²) in [6.07, 6.45) is 9.08. The molecule has 2 aromatic rings. The van der Waals surface area contributed by atoms with Gasteiger partial charge in [-0.3, -0.25) is 14.4 Å². The van der Waals surface area contributed by atoms with Crippen LogP contribution in [-0.4, -0.2) is 79.2 Å². The van der Waals surface area contributed by atoms with Crippen LogP contribution >= 0.6 is 0 Å². The van der Waals surface area contributed by atoms with Crippen molar-refractivity contribution in [3.63, 3.8) is 0 Å². The van der Waals surface area contributed by atoms with Gasteiger partial charge in [0.15, 0.2) is 0 Å². The third-order valence-electron chi connectivity index (χ3n) is 7.93. The summed E-state index contributed by atoms with van der Waals surface area (Å²) >= 11 is 0. The molecule has 41 heavy (non-hydrogen) atoms. The normalized spacial score (nSPS) is 24.7. The number of aliphatic hydroxyl groups is 1. The number of nitrogens with zero attached hydrogens (tertiary/aromatic N) is 1. The molecule has 0 unspecified atom stereocenters. The van der Waals surface area contributed by atoms with Crippen LogP contribution in [0.2, 0.25) is 0 Å². The van der Waals surface area contributed by atoms with E-state index in [4.69, 9.17) is 4.74 Å². The van der Waals surface area contributed by atoms with Gasteiger partial charge in [0.1, 0.15) is 24.4 Å². The molecule has 1 aliphatic carbocycles. The summed E-state index contributed by atoms with van der Waals surface area (Å²) in [5, 5.41) is 19.3. The molecule has 9 heteroatoms. The first-order chi connectivity index (χ1) is 20.0. The van der Waals surface area contributed by atoms with Crippen molar-refractivity contribution in [2.24, 2.45) is 5.92 Å². The summed E-state index contributed by atoms with van der Waals surface area (Å²) in [5.74, 6) is -0.343. The van der Waals surface area contributed by atoms with Crippen LogP contribution in [-0.2, 0) is 20.8 Å². The van der Waals surface area contributed by atoms with Gasteiger partial charge in [-0.2, -0.15) is 0 Å². The lowest BCUT2D eigenvalue weighted by molar-refractivity contribution is -0.144. The summed E-state index contributed by atoms with van der Waals surface area (Å²) in [4.78, 5) is 41.9. The minimum absolute atomic E-state index is 0.124. The highest BCUT2D eigenvalue weighted by Crippen LogP contribution is 2.28. The number of hydrogen-bond acceptors (Lipinski definition) is 6. The summed E-state index contributed by atoms with van der Waals surface area (Å²) in [5.41, 5.74) is 1.76. The number of carbonyl (C=O) groups is 3. The Hall–Kier alpha value is -3.69. The van der Waals surface area contributed by atoms with Crippen molar-refractivity contribution >= 4 is 23.8 Å². The second-order valence-corrected chi connectivity index (χ2v) is 10.8. The second-order valence-electron chi connectivity index (χ2n) is 10.8.